The number of benzene rings is 2. The molecule has 140 valence electrons. The average molecular weight is 417 g/mol. The highest BCUT2D eigenvalue weighted by molar-refractivity contribution is 7.92. The SMILES string of the molecule is O=C(NCCO)c1ccc(NS(=O)(=O)CCc2cccc(Cl)c2Cl)cc1. The maximum absolute atomic E-state index is 12.2. The number of carbonyl (C=O) groups excluding carboxylic acids is 1. The molecule has 2 aromatic rings. The second-order valence-electron chi connectivity index (χ2n) is 5.44. The maximum atomic E-state index is 12.2. The lowest BCUT2D eigenvalue weighted by molar-refractivity contribution is 0.0945. The zero-order valence-corrected chi connectivity index (χ0v) is 16.0. The first-order chi connectivity index (χ1) is 12.3. The summed E-state index contributed by atoms with van der Waals surface area (Å²) in [7, 11) is -3.60. The second-order valence-corrected chi connectivity index (χ2v) is 8.07. The quantitative estimate of drug-likeness (QED) is 0.616. The van der Waals surface area contributed by atoms with E-state index in [4.69, 9.17) is 28.3 Å². The minimum atomic E-state index is -3.60. The third kappa shape index (κ3) is 5.88. The fourth-order valence-electron chi connectivity index (χ4n) is 2.18. The minimum absolute atomic E-state index is 0.152. The van der Waals surface area contributed by atoms with Crippen LogP contribution in [-0.2, 0) is 16.4 Å². The molecule has 0 saturated heterocycles. The van der Waals surface area contributed by atoms with Crippen molar-refractivity contribution in [1.29, 1.82) is 0 Å². The number of aliphatic hydroxyl groups excluding tert-OH is 1. The van der Waals surface area contributed by atoms with Gasteiger partial charge in [0.15, 0.2) is 0 Å². The van der Waals surface area contributed by atoms with E-state index in [0.29, 0.717) is 26.9 Å². The topological polar surface area (TPSA) is 95.5 Å². The summed E-state index contributed by atoms with van der Waals surface area (Å²) in [6.07, 6.45) is 0.219. The highest BCUT2D eigenvalue weighted by Gasteiger charge is 2.14. The Morgan fingerprint density at radius 2 is 1.77 bits per heavy atom. The highest BCUT2D eigenvalue weighted by Crippen LogP contribution is 2.26. The summed E-state index contributed by atoms with van der Waals surface area (Å²) in [5.74, 6) is -0.504. The molecule has 2 aromatic carbocycles. The van der Waals surface area contributed by atoms with E-state index in [2.05, 4.69) is 10.0 Å². The van der Waals surface area contributed by atoms with Crippen molar-refractivity contribution in [3.8, 4) is 0 Å². The van der Waals surface area contributed by atoms with E-state index in [0.717, 1.165) is 0 Å². The van der Waals surface area contributed by atoms with Crippen LogP contribution in [0.15, 0.2) is 42.5 Å². The highest BCUT2D eigenvalue weighted by atomic mass is 35.5. The van der Waals surface area contributed by atoms with Crippen LogP contribution < -0.4 is 10.0 Å². The monoisotopic (exact) mass is 416 g/mol. The molecule has 0 bridgehead atoms. The molecule has 6 nitrogen and oxygen atoms in total. The summed E-state index contributed by atoms with van der Waals surface area (Å²) in [4.78, 5) is 11.7. The molecule has 0 radical (unpaired) electrons. The van der Waals surface area contributed by atoms with Gasteiger partial charge in [0.05, 0.1) is 22.4 Å². The summed E-state index contributed by atoms with van der Waals surface area (Å²) in [5.41, 5.74) is 1.37. The predicted octanol–water partition coefficient (Wildman–Crippen LogP) is 2.70. The van der Waals surface area contributed by atoms with Gasteiger partial charge in [0.25, 0.3) is 5.91 Å². The van der Waals surface area contributed by atoms with Gasteiger partial charge in [-0.3, -0.25) is 9.52 Å². The normalized spacial score (nSPS) is 11.2. The molecule has 0 unspecified atom stereocenters. The number of halogens is 2. The van der Waals surface area contributed by atoms with Gasteiger partial charge in [0.1, 0.15) is 0 Å². The lowest BCUT2D eigenvalue weighted by atomic mass is 10.2. The van der Waals surface area contributed by atoms with Gasteiger partial charge in [0, 0.05) is 17.8 Å². The van der Waals surface area contributed by atoms with Crippen molar-refractivity contribution in [2.75, 3.05) is 23.6 Å². The Balaban J connectivity index is 1.98. The van der Waals surface area contributed by atoms with Crippen LogP contribution in [0.3, 0.4) is 0 Å². The molecule has 0 spiro atoms. The summed E-state index contributed by atoms with van der Waals surface area (Å²) in [5, 5.41) is 11.9. The van der Waals surface area contributed by atoms with E-state index in [-0.39, 0.29) is 31.2 Å². The van der Waals surface area contributed by atoms with Crippen molar-refractivity contribution >= 4 is 44.8 Å². The second kappa shape index (κ2) is 9.23. The van der Waals surface area contributed by atoms with Gasteiger partial charge in [-0.25, -0.2) is 8.42 Å². The number of nitrogens with one attached hydrogen (secondary N) is 2. The Labute approximate surface area is 162 Å². The zero-order valence-electron chi connectivity index (χ0n) is 13.7. The van der Waals surface area contributed by atoms with E-state index < -0.39 is 10.0 Å². The van der Waals surface area contributed by atoms with Gasteiger partial charge < -0.3 is 10.4 Å². The molecule has 0 saturated carbocycles. The third-order valence-corrected chi connectivity index (χ3v) is 5.64. The van der Waals surface area contributed by atoms with Crippen LogP contribution in [0.5, 0.6) is 0 Å². The van der Waals surface area contributed by atoms with Gasteiger partial charge >= 0.3 is 0 Å². The molecule has 0 aliphatic heterocycles. The molecular weight excluding hydrogens is 399 g/mol. The van der Waals surface area contributed by atoms with Crippen LogP contribution in [0.4, 0.5) is 5.69 Å². The molecule has 3 N–H and O–H groups in total. The Hall–Kier alpha value is -1.80. The number of carbonyl (C=O) groups is 1. The van der Waals surface area contributed by atoms with Crippen molar-refractivity contribution in [3.05, 3.63) is 63.6 Å². The molecule has 0 fully saturated rings. The summed E-state index contributed by atoms with van der Waals surface area (Å²) < 4.78 is 26.9. The Kier molecular flexibility index (Phi) is 7.28. The molecule has 0 aromatic heterocycles. The fourth-order valence-corrected chi connectivity index (χ4v) is 3.68. The average Bonchev–Trinajstić information content (AvgIpc) is 2.61. The lowest BCUT2D eigenvalue weighted by Crippen LogP contribution is -2.26. The summed E-state index contributed by atoms with van der Waals surface area (Å²) in [6, 6.07) is 11.1. The van der Waals surface area contributed by atoms with Crippen LogP contribution >= 0.6 is 23.2 Å². The number of sulfonamides is 1. The third-order valence-electron chi connectivity index (χ3n) is 3.49. The van der Waals surface area contributed by atoms with Crippen molar-refractivity contribution in [2.24, 2.45) is 0 Å². The lowest BCUT2D eigenvalue weighted by Gasteiger charge is -2.10. The Bertz CT molecular complexity index is 871. The number of aliphatic hydroxyl groups is 1. The van der Waals surface area contributed by atoms with Gasteiger partial charge in [-0.05, 0) is 42.3 Å². The summed E-state index contributed by atoms with van der Waals surface area (Å²) in [6.45, 7) is -0.000455. The van der Waals surface area contributed by atoms with Crippen molar-refractivity contribution in [2.45, 2.75) is 6.42 Å². The van der Waals surface area contributed by atoms with Crippen molar-refractivity contribution < 1.29 is 18.3 Å². The fraction of sp³-hybridized carbons (Fsp3) is 0.235. The largest absolute Gasteiger partial charge is 0.395 e. The van der Waals surface area contributed by atoms with Crippen LogP contribution in [0.25, 0.3) is 0 Å². The Morgan fingerprint density at radius 1 is 1.08 bits per heavy atom. The summed E-state index contributed by atoms with van der Waals surface area (Å²) >= 11 is 12.0. The smallest absolute Gasteiger partial charge is 0.251 e. The molecule has 0 aliphatic carbocycles. The van der Waals surface area contributed by atoms with Crippen LogP contribution in [0, 0.1) is 0 Å². The van der Waals surface area contributed by atoms with Crippen LogP contribution in [0.2, 0.25) is 10.0 Å². The van der Waals surface area contributed by atoms with Crippen molar-refractivity contribution in [1.82, 2.24) is 5.32 Å². The molecule has 9 heteroatoms. The van der Waals surface area contributed by atoms with E-state index in [1.807, 2.05) is 0 Å². The van der Waals surface area contributed by atoms with Crippen molar-refractivity contribution in [3.63, 3.8) is 0 Å². The van der Waals surface area contributed by atoms with Gasteiger partial charge in [-0.2, -0.15) is 0 Å². The number of amides is 1. The van der Waals surface area contributed by atoms with Gasteiger partial charge in [-0.15, -0.1) is 0 Å². The zero-order chi connectivity index (χ0) is 19.2. The Morgan fingerprint density at radius 3 is 2.42 bits per heavy atom. The van der Waals surface area contributed by atoms with Crippen LogP contribution in [-0.4, -0.2) is 38.3 Å². The first-order valence-corrected chi connectivity index (χ1v) is 10.2. The standard InChI is InChI=1S/C17H18Cl2N2O4S/c18-15-3-1-2-12(16(15)19)8-11-26(24,25)21-14-6-4-13(5-7-14)17(23)20-9-10-22/h1-7,21-22H,8-11H2,(H,20,23). The molecule has 0 aliphatic rings. The minimum Gasteiger partial charge on any atom is -0.395 e. The van der Waals surface area contributed by atoms with E-state index in [1.165, 1.54) is 24.3 Å². The molecule has 26 heavy (non-hydrogen) atoms. The number of anilines is 1. The van der Waals surface area contributed by atoms with E-state index in [9.17, 15) is 13.2 Å². The molecule has 1 amide bonds. The van der Waals surface area contributed by atoms with Crippen LogP contribution in [0.1, 0.15) is 15.9 Å². The number of hydrogen-bond donors (Lipinski definition) is 3. The molecule has 0 atom stereocenters. The van der Waals surface area contributed by atoms with E-state index in [1.54, 1.807) is 18.2 Å². The molecule has 2 rings (SSSR count). The maximum Gasteiger partial charge on any atom is 0.251 e. The first kappa shape index (κ1) is 20.5. The number of rotatable bonds is 8. The van der Waals surface area contributed by atoms with Gasteiger partial charge in [-0.1, -0.05) is 35.3 Å². The molecule has 0 heterocycles. The molecular formula is C17H18Cl2N2O4S. The van der Waals surface area contributed by atoms with E-state index >= 15 is 0 Å². The predicted molar refractivity (Wildman–Crippen MR) is 103 cm³/mol. The number of hydrogen-bond acceptors (Lipinski definition) is 4. The number of aryl methyl sites for hydroxylation is 1. The first-order valence-electron chi connectivity index (χ1n) is 7.75. The van der Waals surface area contributed by atoms with Gasteiger partial charge in [0.2, 0.25) is 10.0 Å².